The third kappa shape index (κ3) is 32.7. The fourth-order valence-electron chi connectivity index (χ4n) is 3.06. The van der Waals surface area contributed by atoms with Crippen LogP contribution in [0.3, 0.4) is 0 Å². The molecule has 0 amide bonds. The Labute approximate surface area is 183 Å². The number of thiol groups is 3. The summed E-state index contributed by atoms with van der Waals surface area (Å²) in [7, 11) is 0. The highest BCUT2D eigenvalue weighted by Crippen LogP contribution is 2.11. The van der Waals surface area contributed by atoms with Crippen LogP contribution in [0.5, 0.6) is 0 Å². The predicted octanol–water partition coefficient (Wildman–Crippen LogP) is 9.19. The van der Waals surface area contributed by atoms with Gasteiger partial charge in [-0.25, -0.2) is 0 Å². The van der Waals surface area contributed by atoms with Gasteiger partial charge in [-0.2, -0.15) is 37.9 Å². The summed E-state index contributed by atoms with van der Waals surface area (Å²) in [5.74, 6) is 3.18. The zero-order valence-electron chi connectivity index (χ0n) is 17.9. The molecule has 0 rings (SSSR count). The highest BCUT2D eigenvalue weighted by atomic mass is 32.1. The van der Waals surface area contributed by atoms with E-state index >= 15 is 0 Å². The minimum Gasteiger partial charge on any atom is -0.179 e. The van der Waals surface area contributed by atoms with Crippen LogP contribution in [-0.4, -0.2) is 17.3 Å². The Kier molecular flexibility index (Phi) is 34.6. The van der Waals surface area contributed by atoms with Crippen LogP contribution in [0, 0.1) is 0 Å². The maximum absolute atomic E-state index is 4.20. The molecular formula is C23H50S3. The molecule has 0 aliphatic carbocycles. The van der Waals surface area contributed by atoms with E-state index in [2.05, 4.69) is 44.8 Å². The first-order valence-corrected chi connectivity index (χ1v) is 13.6. The van der Waals surface area contributed by atoms with E-state index in [1.807, 2.05) is 0 Å². The summed E-state index contributed by atoms with van der Waals surface area (Å²) >= 11 is 12.6. The quantitative estimate of drug-likeness (QED) is 0.126. The lowest BCUT2D eigenvalue weighted by Gasteiger charge is -2.00. The first-order chi connectivity index (χ1) is 12.8. The van der Waals surface area contributed by atoms with Crippen molar-refractivity contribution in [2.45, 2.75) is 129 Å². The Morgan fingerprint density at radius 1 is 0.308 bits per heavy atom. The maximum atomic E-state index is 4.20. The van der Waals surface area contributed by atoms with Gasteiger partial charge in [-0.1, -0.05) is 110 Å². The second kappa shape index (κ2) is 30.8. The number of unbranched alkanes of at least 4 members (excludes halogenated alkanes) is 17. The van der Waals surface area contributed by atoms with Crippen LogP contribution in [0.25, 0.3) is 0 Å². The fourth-order valence-corrected chi connectivity index (χ4v) is 3.73. The van der Waals surface area contributed by atoms with E-state index in [4.69, 9.17) is 0 Å². The van der Waals surface area contributed by atoms with Crippen molar-refractivity contribution in [3.05, 3.63) is 0 Å². The summed E-state index contributed by atoms with van der Waals surface area (Å²) < 4.78 is 0. The minimum absolute atomic E-state index is 1.06. The number of rotatable bonds is 20. The van der Waals surface area contributed by atoms with Gasteiger partial charge < -0.3 is 0 Å². The van der Waals surface area contributed by atoms with Gasteiger partial charge in [0.05, 0.1) is 0 Å². The molecule has 0 aliphatic heterocycles. The Bertz CT molecular complexity index is 168. The lowest BCUT2D eigenvalue weighted by Crippen LogP contribution is -1.82. The van der Waals surface area contributed by atoms with Gasteiger partial charge in [0.2, 0.25) is 0 Å². The Morgan fingerprint density at radius 2 is 0.500 bits per heavy atom. The lowest BCUT2D eigenvalue weighted by molar-refractivity contribution is 0.563. The van der Waals surface area contributed by atoms with E-state index in [9.17, 15) is 0 Å². The van der Waals surface area contributed by atoms with Crippen molar-refractivity contribution < 1.29 is 0 Å². The van der Waals surface area contributed by atoms with E-state index in [1.54, 1.807) is 0 Å². The molecule has 0 fully saturated rings. The Balaban J connectivity index is 0. The summed E-state index contributed by atoms with van der Waals surface area (Å²) in [4.78, 5) is 0. The standard InChI is InChI=1S/C12H26S.C11H24S2/c1-2-3-4-5-6-7-8-9-10-11-12-13;12-10-8-6-4-2-1-3-5-7-9-11-13/h13H,2-12H2,1H3;12-13H,1-11H2. The molecule has 0 unspecified atom stereocenters. The smallest absolute Gasteiger partial charge is 0.00979 e. The average molecular weight is 423 g/mol. The van der Waals surface area contributed by atoms with Crippen LogP contribution in [0.4, 0.5) is 0 Å². The van der Waals surface area contributed by atoms with Crippen LogP contribution < -0.4 is 0 Å². The second-order valence-electron chi connectivity index (χ2n) is 7.53. The zero-order chi connectivity index (χ0) is 19.6. The van der Waals surface area contributed by atoms with Crippen molar-refractivity contribution in [2.24, 2.45) is 0 Å². The number of hydrogen-bond donors (Lipinski definition) is 3. The van der Waals surface area contributed by atoms with Gasteiger partial charge in [0.25, 0.3) is 0 Å². The highest BCUT2D eigenvalue weighted by molar-refractivity contribution is 7.80. The monoisotopic (exact) mass is 422 g/mol. The van der Waals surface area contributed by atoms with Gasteiger partial charge in [0.1, 0.15) is 0 Å². The second-order valence-corrected chi connectivity index (χ2v) is 8.88. The molecule has 0 aliphatic rings. The van der Waals surface area contributed by atoms with E-state index in [0.29, 0.717) is 0 Å². The molecule has 0 saturated heterocycles. The third-order valence-corrected chi connectivity index (χ3v) is 5.78. The van der Waals surface area contributed by atoms with Crippen LogP contribution in [0.15, 0.2) is 0 Å². The molecule has 160 valence electrons. The van der Waals surface area contributed by atoms with Gasteiger partial charge in [-0.15, -0.1) is 0 Å². The summed E-state index contributed by atoms with van der Waals surface area (Å²) in [6, 6.07) is 0. The number of hydrogen-bond acceptors (Lipinski definition) is 3. The van der Waals surface area contributed by atoms with Crippen molar-refractivity contribution >= 4 is 37.9 Å². The molecule has 0 atom stereocenters. The lowest BCUT2D eigenvalue weighted by atomic mass is 10.1. The summed E-state index contributed by atoms with van der Waals surface area (Å²) in [5, 5.41) is 0. The largest absolute Gasteiger partial charge is 0.179 e. The van der Waals surface area contributed by atoms with Gasteiger partial charge in [0, 0.05) is 0 Å². The summed E-state index contributed by atoms with van der Waals surface area (Å²) in [6.07, 6.45) is 26.6. The van der Waals surface area contributed by atoms with Gasteiger partial charge in [-0.05, 0) is 36.5 Å². The molecular weight excluding hydrogens is 372 g/mol. The Morgan fingerprint density at radius 3 is 0.692 bits per heavy atom. The Hall–Kier alpha value is 1.05. The van der Waals surface area contributed by atoms with Crippen molar-refractivity contribution in [3.8, 4) is 0 Å². The van der Waals surface area contributed by atoms with Crippen LogP contribution in [0.2, 0.25) is 0 Å². The molecule has 0 aromatic heterocycles. The van der Waals surface area contributed by atoms with Crippen molar-refractivity contribution in [1.29, 1.82) is 0 Å². The van der Waals surface area contributed by atoms with E-state index in [1.165, 1.54) is 122 Å². The fraction of sp³-hybridized carbons (Fsp3) is 1.00. The molecule has 0 heterocycles. The van der Waals surface area contributed by atoms with E-state index < -0.39 is 0 Å². The molecule has 0 radical (unpaired) electrons. The molecule has 0 nitrogen and oxygen atoms in total. The van der Waals surface area contributed by atoms with Crippen molar-refractivity contribution in [3.63, 3.8) is 0 Å². The summed E-state index contributed by atoms with van der Waals surface area (Å²) in [6.45, 7) is 2.28. The topological polar surface area (TPSA) is 0 Å². The van der Waals surface area contributed by atoms with Gasteiger partial charge in [-0.3, -0.25) is 0 Å². The molecule has 26 heavy (non-hydrogen) atoms. The van der Waals surface area contributed by atoms with E-state index in [-0.39, 0.29) is 0 Å². The third-order valence-electron chi connectivity index (χ3n) is 4.83. The molecule has 0 spiro atoms. The molecule has 3 heteroatoms. The maximum Gasteiger partial charge on any atom is -0.00979 e. The molecule has 0 saturated carbocycles. The first-order valence-electron chi connectivity index (χ1n) is 11.7. The van der Waals surface area contributed by atoms with E-state index in [0.717, 1.165) is 17.3 Å². The van der Waals surface area contributed by atoms with Crippen LogP contribution >= 0.6 is 37.9 Å². The van der Waals surface area contributed by atoms with Crippen LogP contribution in [0.1, 0.15) is 129 Å². The SMILES string of the molecule is CCCCCCCCCCCCS.SCCCCCCCCCCCS. The highest BCUT2D eigenvalue weighted by Gasteiger charge is 1.92. The zero-order valence-corrected chi connectivity index (χ0v) is 20.6. The first kappa shape index (κ1) is 29.3. The minimum atomic E-state index is 1.06. The van der Waals surface area contributed by atoms with Crippen molar-refractivity contribution in [2.75, 3.05) is 17.3 Å². The molecule has 0 aromatic rings. The summed E-state index contributed by atoms with van der Waals surface area (Å²) in [5.41, 5.74) is 0. The van der Waals surface area contributed by atoms with Crippen molar-refractivity contribution in [1.82, 2.24) is 0 Å². The van der Waals surface area contributed by atoms with Gasteiger partial charge >= 0.3 is 0 Å². The van der Waals surface area contributed by atoms with Crippen LogP contribution in [-0.2, 0) is 0 Å². The normalized spacial score (nSPS) is 10.6. The molecule has 0 aromatic carbocycles. The molecule has 0 bridgehead atoms. The predicted molar refractivity (Wildman–Crippen MR) is 135 cm³/mol. The average Bonchev–Trinajstić information content (AvgIpc) is 2.66. The van der Waals surface area contributed by atoms with Gasteiger partial charge in [0.15, 0.2) is 0 Å². The molecule has 0 N–H and O–H groups in total.